The molecule has 2 aromatic rings. The van der Waals surface area contributed by atoms with Crippen molar-refractivity contribution < 1.29 is 5.11 Å². The lowest BCUT2D eigenvalue weighted by atomic mass is 10.1. The number of nitrogens with zero attached hydrogens (tertiary/aromatic N) is 2. The molecule has 3 nitrogen and oxygen atoms in total. The Kier molecular flexibility index (Phi) is 6.17. The van der Waals surface area contributed by atoms with Gasteiger partial charge in [-0.25, -0.2) is 0 Å². The topological polar surface area (TPSA) is 36.4 Å². The molecule has 1 N–H and O–H groups in total. The van der Waals surface area contributed by atoms with E-state index in [9.17, 15) is 5.11 Å². The van der Waals surface area contributed by atoms with Crippen molar-refractivity contribution in [3.63, 3.8) is 0 Å². The summed E-state index contributed by atoms with van der Waals surface area (Å²) in [5.74, 6) is 5.90. The fraction of sp³-hybridized carbons (Fsp3) is 0.450. The summed E-state index contributed by atoms with van der Waals surface area (Å²) in [6.07, 6.45) is 2.82. The summed E-state index contributed by atoms with van der Waals surface area (Å²) in [4.78, 5) is 9.06. The van der Waals surface area contributed by atoms with Crippen molar-refractivity contribution >= 4 is 11.3 Å². The van der Waals surface area contributed by atoms with Gasteiger partial charge in [-0.1, -0.05) is 11.8 Å². The van der Waals surface area contributed by atoms with E-state index in [0.29, 0.717) is 6.04 Å². The molecule has 0 fully saturated rings. The second-order valence-corrected chi connectivity index (χ2v) is 8.04. The van der Waals surface area contributed by atoms with E-state index in [1.165, 1.54) is 10.4 Å². The van der Waals surface area contributed by atoms with Gasteiger partial charge in [0, 0.05) is 35.8 Å². The van der Waals surface area contributed by atoms with Crippen molar-refractivity contribution in [3.8, 4) is 11.8 Å². The third-order valence-corrected chi connectivity index (χ3v) is 4.77. The quantitative estimate of drug-likeness (QED) is 0.843. The van der Waals surface area contributed by atoms with E-state index in [0.717, 1.165) is 23.5 Å². The summed E-state index contributed by atoms with van der Waals surface area (Å²) in [6.45, 7) is 8.61. The zero-order valence-electron chi connectivity index (χ0n) is 15.1. The Bertz CT molecular complexity index is 734. The maximum Gasteiger partial charge on any atom is 0.120 e. The minimum Gasteiger partial charge on any atom is -0.378 e. The van der Waals surface area contributed by atoms with Crippen LogP contribution in [0.5, 0.6) is 0 Å². The van der Waals surface area contributed by atoms with E-state index in [1.54, 1.807) is 25.2 Å². The van der Waals surface area contributed by atoms with Crippen LogP contribution in [-0.4, -0.2) is 33.7 Å². The molecule has 0 aliphatic rings. The summed E-state index contributed by atoms with van der Waals surface area (Å²) in [7, 11) is 2.14. The fourth-order valence-corrected chi connectivity index (χ4v) is 3.24. The van der Waals surface area contributed by atoms with Gasteiger partial charge in [0.1, 0.15) is 5.60 Å². The molecule has 0 unspecified atom stereocenters. The second kappa shape index (κ2) is 7.94. The van der Waals surface area contributed by atoms with Crippen molar-refractivity contribution in [2.24, 2.45) is 0 Å². The number of rotatable bonds is 5. The largest absolute Gasteiger partial charge is 0.378 e. The molecule has 0 radical (unpaired) electrons. The number of hydrogen-bond donors (Lipinski definition) is 1. The number of thiophene rings is 1. The molecule has 2 aromatic heterocycles. The van der Waals surface area contributed by atoms with Crippen LogP contribution in [0.4, 0.5) is 0 Å². The molecule has 0 spiro atoms. The molecule has 0 saturated carbocycles. The van der Waals surface area contributed by atoms with E-state index in [-0.39, 0.29) is 0 Å². The summed E-state index contributed by atoms with van der Waals surface area (Å²) in [6, 6.07) is 8.74. The standard InChI is InChI=1S/C20H26N2OS/c1-15-9-11-21-17(12-15)13-16(2)22(5)14-19-7-6-18(24-19)8-10-20(3,4)23/h6-7,9,11-12,16,23H,13-14H2,1-5H3/t16-/m1/s1. The van der Waals surface area contributed by atoms with Crippen LogP contribution in [0.25, 0.3) is 0 Å². The first kappa shape index (κ1) is 18.7. The summed E-state index contributed by atoms with van der Waals surface area (Å²) < 4.78 is 0. The number of pyridine rings is 1. The molecule has 0 aromatic carbocycles. The van der Waals surface area contributed by atoms with E-state index in [4.69, 9.17) is 0 Å². The smallest absolute Gasteiger partial charge is 0.120 e. The lowest BCUT2D eigenvalue weighted by Crippen LogP contribution is -2.30. The summed E-state index contributed by atoms with van der Waals surface area (Å²) in [5.41, 5.74) is 1.44. The van der Waals surface area contributed by atoms with E-state index < -0.39 is 5.60 Å². The third-order valence-electron chi connectivity index (χ3n) is 3.79. The molecule has 0 aliphatic carbocycles. The van der Waals surface area contributed by atoms with Gasteiger partial charge in [0.05, 0.1) is 4.88 Å². The second-order valence-electron chi connectivity index (χ2n) is 6.87. The molecule has 1 atom stereocenters. The van der Waals surface area contributed by atoms with Gasteiger partial charge in [-0.2, -0.15) is 0 Å². The van der Waals surface area contributed by atoms with Crippen molar-refractivity contribution in [2.75, 3.05) is 7.05 Å². The predicted molar refractivity (Wildman–Crippen MR) is 101 cm³/mol. The van der Waals surface area contributed by atoms with Crippen LogP contribution in [0.1, 0.15) is 41.8 Å². The van der Waals surface area contributed by atoms with Gasteiger partial charge in [0.15, 0.2) is 0 Å². The third kappa shape index (κ3) is 6.09. The van der Waals surface area contributed by atoms with Crippen LogP contribution in [0, 0.1) is 18.8 Å². The first-order valence-electron chi connectivity index (χ1n) is 8.19. The van der Waals surface area contributed by atoms with Crippen LogP contribution in [-0.2, 0) is 13.0 Å². The van der Waals surface area contributed by atoms with Crippen LogP contribution in [0.2, 0.25) is 0 Å². The van der Waals surface area contributed by atoms with Gasteiger partial charge in [0.2, 0.25) is 0 Å². The molecule has 2 rings (SSSR count). The molecule has 4 heteroatoms. The summed E-state index contributed by atoms with van der Waals surface area (Å²) >= 11 is 1.69. The highest BCUT2D eigenvalue weighted by atomic mass is 32.1. The maximum absolute atomic E-state index is 9.68. The number of likely N-dealkylation sites (N-methyl/N-ethyl adjacent to an activating group) is 1. The number of aromatic nitrogens is 1. The molecular formula is C20H26N2OS. The van der Waals surface area contributed by atoms with Crippen LogP contribution < -0.4 is 0 Å². The molecule has 0 saturated heterocycles. The first-order valence-corrected chi connectivity index (χ1v) is 9.00. The average molecular weight is 343 g/mol. The average Bonchev–Trinajstić information content (AvgIpc) is 2.92. The minimum atomic E-state index is -0.948. The molecule has 0 bridgehead atoms. The monoisotopic (exact) mass is 342 g/mol. The van der Waals surface area contributed by atoms with Crippen LogP contribution in [0.15, 0.2) is 30.5 Å². The SMILES string of the molecule is Cc1ccnc(C[C@@H](C)N(C)Cc2ccc(C#CC(C)(C)O)s2)c1. The molecular weight excluding hydrogens is 316 g/mol. The maximum atomic E-state index is 9.68. The Hall–Kier alpha value is -1.67. The first-order chi connectivity index (χ1) is 11.2. The van der Waals surface area contributed by atoms with Crippen molar-refractivity contribution in [3.05, 3.63) is 51.5 Å². The minimum absolute atomic E-state index is 0.410. The van der Waals surface area contributed by atoms with E-state index >= 15 is 0 Å². The van der Waals surface area contributed by atoms with Gasteiger partial charge in [0.25, 0.3) is 0 Å². The number of aliphatic hydroxyl groups is 1. The molecule has 2 heterocycles. The Morgan fingerprint density at radius 2 is 2.08 bits per heavy atom. The van der Waals surface area contributed by atoms with Gasteiger partial charge in [-0.3, -0.25) is 9.88 Å². The Balaban J connectivity index is 1.95. The normalized spacial score (nSPS) is 12.8. The van der Waals surface area contributed by atoms with Crippen molar-refractivity contribution in [1.82, 2.24) is 9.88 Å². The van der Waals surface area contributed by atoms with Crippen LogP contribution >= 0.6 is 11.3 Å². The van der Waals surface area contributed by atoms with Crippen LogP contribution in [0.3, 0.4) is 0 Å². The zero-order valence-corrected chi connectivity index (χ0v) is 15.9. The molecule has 128 valence electrons. The van der Waals surface area contributed by atoms with Gasteiger partial charge < -0.3 is 5.11 Å². The predicted octanol–water partition coefficient (Wildman–Crippen LogP) is 3.64. The molecule has 24 heavy (non-hydrogen) atoms. The van der Waals surface area contributed by atoms with E-state index in [1.807, 2.05) is 18.3 Å². The lowest BCUT2D eigenvalue weighted by Gasteiger charge is -2.24. The number of aryl methyl sites for hydroxylation is 1. The Morgan fingerprint density at radius 1 is 1.33 bits per heavy atom. The Morgan fingerprint density at radius 3 is 2.75 bits per heavy atom. The molecule has 0 amide bonds. The fourth-order valence-electron chi connectivity index (χ4n) is 2.32. The van der Waals surface area contributed by atoms with Crippen molar-refractivity contribution in [1.29, 1.82) is 0 Å². The molecule has 0 aliphatic heterocycles. The highest BCUT2D eigenvalue weighted by molar-refractivity contribution is 7.12. The summed E-state index contributed by atoms with van der Waals surface area (Å²) in [5, 5.41) is 9.68. The lowest BCUT2D eigenvalue weighted by molar-refractivity contribution is 0.143. The van der Waals surface area contributed by atoms with Gasteiger partial charge in [-0.15, -0.1) is 11.3 Å². The number of hydrogen-bond acceptors (Lipinski definition) is 4. The zero-order chi connectivity index (χ0) is 17.7. The highest BCUT2D eigenvalue weighted by Crippen LogP contribution is 2.19. The van der Waals surface area contributed by atoms with Gasteiger partial charge >= 0.3 is 0 Å². The highest BCUT2D eigenvalue weighted by Gasteiger charge is 2.13. The van der Waals surface area contributed by atoms with E-state index in [2.05, 4.69) is 54.8 Å². The van der Waals surface area contributed by atoms with Gasteiger partial charge in [-0.05, 0) is 64.6 Å². The Labute approximate surface area is 149 Å². The van der Waals surface area contributed by atoms with Crippen molar-refractivity contribution in [2.45, 2.75) is 52.3 Å².